The van der Waals surface area contributed by atoms with Crippen molar-refractivity contribution in [3.63, 3.8) is 0 Å². The summed E-state index contributed by atoms with van der Waals surface area (Å²) in [6.07, 6.45) is 1.93. The number of ketones is 1. The minimum Gasteiger partial charge on any atom is -0.385 e. The molecule has 0 aliphatic heterocycles. The molecule has 2 heteroatoms. The molecule has 0 heterocycles. The zero-order chi connectivity index (χ0) is 12.8. The van der Waals surface area contributed by atoms with Crippen LogP contribution in [-0.2, 0) is 16.0 Å². The Hall–Kier alpha value is -1.67. The van der Waals surface area contributed by atoms with Gasteiger partial charge in [0.2, 0.25) is 0 Å². The van der Waals surface area contributed by atoms with Gasteiger partial charge in [0, 0.05) is 26.6 Å². The molecule has 0 amide bonds. The maximum Gasteiger partial charge on any atom is 0.137 e. The van der Waals surface area contributed by atoms with Crippen molar-refractivity contribution in [1.82, 2.24) is 0 Å². The summed E-state index contributed by atoms with van der Waals surface area (Å²) in [5, 5.41) is 2.41. The Kier molecular flexibility index (Phi) is 4.48. The van der Waals surface area contributed by atoms with Crippen LogP contribution >= 0.6 is 0 Å². The van der Waals surface area contributed by atoms with Crippen LogP contribution in [-0.4, -0.2) is 19.5 Å². The van der Waals surface area contributed by atoms with E-state index in [1.807, 2.05) is 18.2 Å². The minimum atomic E-state index is 0.280. The average Bonchev–Trinajstić information content (AvgIpc) is 2.39. The molecule has 0 saturated heterocycles. The van der Waals surface area contributed by atoms with Crippen molar-refractivity contribution in [3.8, 4) is 0 Å². The van der Waals surface area contributed by atoms with Gasteiger partial charge >= 0.3 is 0 Å². The Labute approximate surface area is 108 Å². The molecule has 2 aromatic carbocycles. The molecule has 0 aliphatic carbocycles. The van der Waals surface area contributed by atoms with Crippen molar-refractivity contribution in [3.05, 3.63) is 48.0 Å². The van der Waals surface area contributed by atoms with E-state index < -0.39 is 0 Å². The highest BCUT2D eigenvalue weighted by Gasteiger charge is 2.04. The molecule has 0 fully saturated rings. The zero-order valence-corrected chi connectivity index (χ0v) is 10.7. The largest absolute Gasteiger partial charge is 0.385 e. The van der Waals surface area contributed by atoms with Crippen LogP contribution in [0.25, 0.3) is 10.8 Å². The van der Waals surface area contributed by atoms with Gasteiger partial charge in [0.1, 0.15) is 5.78 Å². The molecular formula is C16H18O2. The summed E-state index contributed by atoms with van der Waals surface area (Å²) in [6.45, 7) is 0.656. The van der Waals surface area contributed by atoms with E-state index in [4.69, 9.17) is 4.74 Å². The van der Waals surface area contributed by atoms with Gasteiger partial charge in [0.25, 0.3) is 0 Å². The van der Waals surface area contributed by atoms with Crippen LogP contribution in [0.4, 0.5) is 0 Å². The van der Waals surface area contributed by atoms with Gasteiger partial charge < -0.3 is 4.74 Å². The normalized spacial score (nSPS) is 10.7. The number of carbonyl (C=O) groups is 1. The lowest BCUT2D eigenvalue weighted by Gasteiger charge is -2.03. The van der Waals surface area contributed by atoms with E-state index in [0.717, 1.165) is 12.0 Å². The second-order valence-electron chi connectivity index (χ2n) is 4.49. The highest BCUT2D eigenvalue weighted by atomic mass is 16.5. The van der Waals surface area contributed by atoms with Crippen LogP contribution in [0.1, 0.15) is 18.4 Å². The van der Waals surface area contributed by atoms with Gasteiger partial charge in [0.05, 0.1) is 0 Å². The maximum absolute atomic E-state index is 11.8. The molecule has 2 aromatic rings. The quantitative estimate of drug-likeness (QED) is 0.726. The number of hydrogen-bond donors (Lipinski definition) is 0. The first-order chi connectivity index (χ1) is 8.79. The number of carbonyl (C=O) groups excluding carboxylic acids is 1. The summed E-state index contributed by atoms with van der Waals surface area (Å²) in [6, 6.07) is 14.4. The van der Waals surface area contributed by atoms with Crippen LogP contribution in [0.2, 0.25) is 0 Å². The van der Waals surface area contributed by atoms with Crippen LogP contribution in [0, 0.1) is 0 Å². The Bertz CT molecular complexity index is 531. The van der Waals surface area contributed by atoms with E-state index in [9.17, 15) is 4.79 Å². The third-order valence-electron chi connectivity index (χ3n) is 3.02. The lowest BCUT2D eigenvalue weighted by atomic mass is 10.0. The highest BCUT2D eigenvalue weighted by Crippen LogP contribution is 2.16. The number of methoxy groups -OCH3 is 1. The van der Waals surface area contributed by atoms with Gasteiger partial charge in [-0.15, -0.1) is 0 Å². The van der Waals surface area contributed by atoms with Crippen LogP contribution in [0.15, 0.2) is 42.5 Å². The maximum atomic E-state index is 11.8. The number of hydrogen-bond acceptors (Lipinski definition) is 2. The number of ether oxygens (including phenoxy) is 1. The number of rotatable bonds is 6. The van der Waals surface area contributed by atoms with Gasteiger partial charge in [-0.25, -0.2) is 0 Å². The van der Waals surface area contributed by atoms with E-state index in [-0.39, 0.29) is 5.78 Å². The summed E-state index contributed by atoms with van der Waals surface area (Å²) in [5.74, 6) is 0.280. The fraction of sp³-hybridized carbons (Fsp3) is 0.312. The van der Waals surface area contributed by atoms with Gasteiger partial charge in [-0.3, -0.25) is 4.79 Å². The summed E-state index contributed by atoms with van der Waals surface area (Å²) >= 11 is 0. The fourth-order valence-electron chi connectivity index (χ4n) is 2.08. The number of fused-ring (bicyclic) bond motifs is 1. The van der Waals surface area contributed by atoms with Crippen molar-refractivity contribution < 1.29 is 9.53 Å². The van der Waals surface area contributed by atoms with Gasteiger partial charge in [-0.2, -0.15) is 0 Å². The van der Waals surface area contributed by atoms with E-state index in [1.165, 1.54) is 10.8 Å². The van der Waals surface area contributed by atoms with Crippen molar-refractivity contribution in [2.75, 3.05) is 13.7 Å². The predicted molar refractivity (Wildman–Crippen MR) is 73.8 cm³/mol. The molecule has 0 spiro atoms. The molecule has 0 N–H and O–H groups in total. The van der Waals surface area contributed by atoms with E-state index in [1.54, 1.807) is 7.11 Å². The summed E-state index contributed by atoms with van der Waals surface area (Å²) in [7, 11) is 1.66. The zero-order valence-electron chi connectivity index (χ0n) is 10.7. The van der Waals surface area contributed by atoms with Gasteiger partial charge in [-0.1, -0.05) is 42.5 Å². The standard InChI is InChI=1S/C16H18O2/c1-18-10-4-7-16(17)12-13-8-9-14-5-2-3-6-15(14)11-13/h2-3,5-6,8-9,11H,4,7,10,12H2,1H3. The third kappa shape index (κ3) is 3.41. The Morgan fingerprint density at radius 2 is 1.89 bits per heavy atom. The molecule has 0 saturated carbocycles. The molecule has 0 aromatic heterocycles. The molecule has 0 aliphatic rings. The second-order valence-corrected chi connectivity index (χ2v) is 4.49. The molecule has 2 nitrogen and oxygen atoms in total. The van der Waals surface area contributed by atoms with E-state index in [2.05, 4.69) is 24.3 Å². The smallest absolute Gasteiger partial charge is 0.137 e. The van der Waals surface area contributed by atoms with Crippen molar-refractivity contribution in [2.45, 2.75) is 19.3 Å². The van der Waals surface area contributed by atoms with Crippen LogP contribution in [0.5, 0.6) is 0 Å². The minimum absolute atomic E-state index is 0.280. The second kappa shape index (κ2) is 6.31. The van der Waals surface area contributed by atoms with Crippen molar-refractivity contribution >= 4 is 16.6 Å². The fourth-order valence-corrected chi connectivity index (χ4v) is 2.08. The molecular weight excluding hydrogens is 224 g/mol. The lowest BCUT2D eigenvalue weighted by Crippen LogP contribution is -2.04. The SMILES string of the molecule is COCCCC(=O)Cc1ccc2ccccc2c1. The first-order valence-corrected chi connectivity index (χ1v) is 6.28. The monoisotopic (exact) mass is 242 g/mol. The Morgan fingerprint density at radius 3 is 2.67 bits per heavy atom. The predicted octanol–water partition coefficient (Wildman–Crippen LogP) is 3.38. The van der Waals surface area contributed by atoms with Crippen LogP contribution < -0.4 is 0 Å². The number of Topliss-reactive ketones (excluding diaryl/α,β-unsaturated/α-hetero) is 1. The third-order valence-corrected chi connectivity index (χ3v) is 3.02. The molecule has 0 unspecified atom stereocenters. The van der Waals surface area contributed by atoms with Crippen molar-refractivity contribution in [2.24, 2.45) is 0 Å². The topological polar surface area (TPSA) is 26.3 Å². The molecule has 0 radical (unpaired) electrons. The summed E-state index contributed by atoms with van der Waals surface area (Å²) < 4.78 is 4.95. The Morgan fingerprint density at radius 1 is 1.11 bits per heavy atom. The number of benzene rings is 2. The van der Waals surface area contributed by atoms with Gasteiger partial charge in [0.15, 0.2) is 0 Å². The lowest BCUT2D eigenvalue weighted by molar-refractivity contribution is -0.118. The molecule has 94 valence electrons. The highest BCUT2D eigenvalue weighted by molar-refractivity contribution is 5.86. The van der Waals surface area contributed by atoms with Crippen molar-refractivity contribution in [1.29, 1.82) is 0 Å². The first-order valence-electron chi connectivity index (χ1n) is 6.28. The summed E-state index contributed by atoms with van der Waals surface area (Å²) in [4.78, 5) is 11.8. The average molecular weight is 242 g/mol. The summed E-state index contributed by atoms with van der Waals surface area (Å²) in [5.41, 5.74) is 1.09. The molecule has 18 heavy (non-hydrogen) atoms. The Balaban J connectivity index is 2.01. The van der Waals surface area contributed by atoms with Crippen LogP contribution in [0.3, 0.4) is 0 Å². The first kappa shape index (κ1) is 12.8. The molecule has 0 atom stereocenters. The molecule has 0 bridgehead atoms. The van der Waals surface area contributed by atoms with Gasteiger partial charge in [-0.05, 0) is 22.8 Å². The van der Waals surface area contributed by atoms with E-state index in [0.29, 0.717) is 19.4 Å². The molecule has 2 rings (SSSR count). The van der Waals surface area contributed by atoms with E-state index >= 15 is 0 Å².